The van der Waals surface area contributed by atoms with Crippen molar-refractivity contribution in [3.8, 4) is 11.5 Å². The van der Waals surface area contributed by atoms with Crippen LogP contribution in [0.2, 0.25) is 0 Å². The molecule has 150 valence electrons. The van der Waals surface area contributed by atoms with E-state index >= 15 is 0 Å². The number of benzene rings is 2. The van der Waals surface area contributed by atoms with Gasteiger partial charge in [-0.2, -0.15) is 0 Å². The summed E-state index contributed by atoms with van der Waals surface area (Å²) in [5.74, 6) is 0.965. The van der Waals surface area contributed by atoms with Gasteiger partial charge in [-0.25, -0.2) is 4.79 Å². The number of para-hydroxylation sites is 1. The van der Waals surface area contributed by atoms with Crippen LogP contribution in [0.3, 0.4) is 0 Å². The minimum Gasteiger partial charge on any atom is -0.454 e. The summed E-state index contributed by atoms with van der Waals surface area (Å²) in [6.07, 6.45) is 0. The zero-order chi connectivity index (χ0) is 20.5. The Bertz CT molecular complexity index is 1280. The van der Waals surface area contributed by atoms with E-state index in [1.165, 1.54) is 0 Å². The summed E-state index contributed by atoms with van der Waals surface area (Å²) in [6.45, 7) is 0.894. The number of carbonyl (C=O) groups is 1. The van der Waals surface area contributed by atoms with Gasteiger partial charge in [0.2, 0.25) is 6.79 Å². The first kappa shape index (κ1) is 18.4. The van der Waals surface area contributed by atoms with E-state index in [0.29, 0.717) is 35.6 Å². The van der Waals surface area contributed by atoms with E-state index in [4.69, 9.17) is 13.9 Å². The molecule has 0 aliphatic carbocycles. The number of amides is 1. The van der Waals surface area contributed by atoms with Crippen LogP contribution in [0.25, 0.3) is 11.0 Å². The quantitative estimate of drug-likeness (QED) is 0.448. The van der Waals surface area contributed by atoms with E-state index < -0.39 is 5.63 Å². The molecule has 2 aromatic heterocycles. The molecule has 0 bridgehead atoms. The maximum Gasteiger partial charge on any atom is 0.349 e. The molecule has 0 unspecified atom stereocenters. The second-order valence-electron chi connectivity index (χ2n) is 6.91. The van der Waals surface area contributed by atoms with Crippen LogP contribution in [0.15, 0.2) is 75.3 Å². The Hall–Kier alpha value is -3.58. The predicted molar refractivity (Wildman–Crippen MR) is 113 cm³/mol. The van der Waals surface area contributed by atoms with Crippen LogP contribution < -0.4 is 15.1 Å². The number of hydrogen-bond donors (Lipinski definition) is 0. The van der Waals surface area contributed by atoms with Crippen molar-refractivity contribution in [2.75, 3.05) is 6.79 Å². The number of carbonyl (C=O) groups excluding carboxylic acids is 1. The van der Waals surface area contributed by atoms with Gasteiger partial charge in [0.15, 0.2) is 11.5 Å². The average Bonchev–Trinajstić information content (AvgIpc) is 3.44. The van der Waals surface area contributed by atoms with Gasteiger partial charge in [0, 0.05) is 16.8 Å². The first-order chi connectivity index (χ1) is 14.7. The lowest BCUT2D eigenvalue weighted by atomic mass is 10.1. The van der Waals surface area contributed by atoms with Crippen molar-refractivity contribution in [3.05, 3.63) is 92.5 Å². The Kier molecular flexibility index (Phi) is 4.72. The Balaban J connectivity index is 1.50. The lowest BCUT2D eigenvalue weighted by molar-refractivity contribution is 0.0727. The second kappa shape index (κ2) is 7.68. The fourth-order valence-corrected chi connectivity index (χ4v) is 4.15. The number of nitrogens with zero attached hydrogens (tertiary/aromatic N) is 1. The molecule has 0 fully saturated rings. The van der Waals surface area contributed by atoms with Crippen molar-refractivity contribution >= 4 is 28.2 Å². The summed E-state index contributed by atoms with van der Waals surface area (Å²) in [6, 6.07) is 18.2. The van der Waals surface area contributed by atoms with Crippen molar-refractivity contribution in [1.82, 2.24) is 4.90 Å². The Labute approximate surface area is 175 Å². The number of thiophene rings is 1. The highest BCUT2D eigenvalue weighted by Gasteiger charge is 2.23. The molecule has 0 saturated carbocycles. The van der Waals surface area contributed by atoms with Crippen LogP contribution in [0.4, 0.5) is 0 Å². The van der Waals surface area contributed by atoms with Crippen molar-refractivity contribution in [2.24, 2.45) is 0 Å². The molecule has 0 atom stereocenters. The van der Waals surface area contributed by atoms with Gasteiger partial charge in [-0.3, -0.25) is 4.79 Å². The molecule has 0 N–H and O–H groups in total. The maximum absolute atomic E-state index is 13.4. The summed E-state index contributed by atoms with van der Waals surface area (Å²) in [7, 11) is 0. The third-order valence-electron chi connectivity index (χ3n) is 4.90. The van der Waals surface area contributed by atoms with E-state index in [9.17, 15) is 9.59 Å². The van der Waals surface area contributed by atoms with Crippen molar-refractivity contribution in [3.63, 3.8) is 0 Å². The molecule has 0 spiro atoms. The number of rotatable bonds is 5. The molecule has 3 heterocycles. The summed E-state index contributed by atoms with van der Waals surface area (Å²) in [4.78, 5) is 28.6. The molecular weight excluding hydrogens is 402 g/mol. The highest BCUT2D eigenvalue weighted by Crippen LogP contribution is 2.33. The highest BCUT2D eigenvalue weighted by atomic mass is 32.1. The maximum atomic E-state index is 13.4. The molecule has 1 aliphatic rings. The van der Waals surface area contributed by atoms with Gasteiger partial charge in [-0.15, -0.1) is 11.3 Å². The van der Waals surface area contributed by atoms with Crippen molar-refractivity contribution < 1.29 is 18.7 Å². The fraction of sp³-hybridized carbons (Fsp3) is 0.130. The van der Waals surface area contributed by atoms with Crippen LogP contribution >= 0.6 is 11.3 Å². The van der Waals surface area contributed by atoms with Gasteiger partial charge in [0.05, 0.1) is 6.54 Å². The molecule has 2 aromatic carbocycles. The number of hydrogen-bond acceptors (Lipinski definition) is 6. The highest BCUT2D eigenvalue weighted by molar-refractivity contribution is 7.09. The molecule has 1 amide bonds. The van der Waals surface area contributed by atoms with Crippen molar-refractivity contribution in [1.29, 1.82) is 0 Å². The van der Waals surface area contributed by atoms with Gasteiger partial charge in [-0.05, 0) is 41.3 Å². The second-order valence-corrected chi connectivity index (χ2v) is 7.95. The molecule has 7 heteroatoms. The van der Waals surface area contributed by atoms with Crippen LogP contribution in [-0.4, -0.2) is 17.6 Å². The molecule has 0 saturated heterocycles. The van der Waals surface area contributed by atoms with Gasteiger partial charge in [0.25, 0.3) is 5.91 Å². The molecular formula is C23H17NO5S. The van der Waals surface area contributed by atoms with Crippen LogP contribution in [-0.2, 0) is 13.1 Å². The Morgan fingerprint density at radius 2 is 1.83 bits per heavy atom. The Morgan fingerprint density at radius 3 is 2.70 bits per heavy atom. The molecule has 30 heavy (non-hydrogen) atoms. The van der Waals surface area contributed by atoms with Gasteiger partial charge in [0.1, 0.15) is 11.1 Å². The van der Waals surface area contributed by atoms with Gasteiger partial charge in [-0.1, -0.05) is 30.3 Å². The average molecular weight is 419 g/mol. The Morgan fingerprint density at radius 1 is 0.967 bits per heavy atom. The van der Waals surface area contributed by atoms with E-state index in [2.05, 4.69) is 0 Å². The van der Waals surface area contributed by atoms with E-state index in [1.807, 2.05) is 47.8 Å². The molecule has 4 aromatic rings. The molecule has 5 rings (SSSR count). The predicted octanol–water partition coefficient (Wildman–Crippen LogP) is 4.43. The van der Waals surface area contributed by atoms with Crippen LogP contribution in [0.5, 0.6) is 11.5 Å². The monoisotopic (exact) mass is 419 g/mol. The fourth-order valence-electron chi connectivity index (χ4n) is 3.43. The SMILES string of the molecule is O=C(c1cc2ccccc2oc1=O)N(Cc1ccc2c(c1)OCO2)Cc1cccs1. The first-order valence-electron chi connectivity index (χ1n) is 9.40. The van der Waals surface area contributed by atoms with E-state index in [0.717, 1.165) is 10.4 Å². The zero-order valence-corrected chi connectivity index (χ0v) is 16.7. The van der Waals surface area contributed by atoms with Gasteiger partial charge < -0.3 is 18.8 Å². The van der Waals surface area contributed by atoms with Crippen molar-refractivity contribution in [2.45, 2.75) is 13.1 Å². The van der Waals surface area contributed by atoms with Crippen LogP contribution in [0.1, 0.15) is 20.8 Å². The standard InChI is InChI=1S/C23H17NO5S/c25-22(18-11-16-4-1-2-6-19(16)29-23(18)26)24(13-17-5-3-9-30-17)12-15-7-8-20-21(10-15)28-14-27-20/h1-11H,12-14H2. The summed E-state index contributed by atoms with van der Waals surface area (Å²) >= 11 is 1.56. The van der Waals surface area contributed by atoms with Gasteiger partial charge >= 0.3 is 5.63 Å². The lowest BCUT2D eigenvalue weighted by Gasteiger charge is -2.22. The minimum atomic E-state index is -0.638. The first-order valence-corrected chi connectivity index (χ1v) is 10.3. The normalized spacial score (nSPS) is 12.3. The molecule has 6 nitrogen and oxygen atoms in total. The third-order valence-corrected chi connectivity index (χ3v) is 5.76. The third kappa shape index (κ3) is 3.55. The van der Waals surface area contributed by atoms with E-state index in [-0.39, 0.29) is 18.3 Å². The smallest absolute Gasteiger partial charge is 0.349 e. The molecule has 1 aliphatic heterocycles. The number of fused-ring (bicyclic) bond motifs is 2. The zero-order valence-electron chi connectivity index (χ0n) is 15.9. The number of ether oxygens (including phenoxy) is 2. The summed E-state index contributed by atoms with van der Waals surface area (Å²) in [5.41, 5.74) is 0.723. The summed E-state index contributed by atoms with van der Waals surface area (Å²) < 4.78 is 16.2. The lowest BCUT2D eigenvalue weighted by Crippen LogP contribution is -2.33. The summed E-state index contributed by atoms with van der Waals surface area (Å²) in [5, 5.41) is 2.67. The van der Waals surface area contributed by atoms with E-state index in [1.54, 1.807) is 34.4 Å². The molecule has 0 radical (unpaired) electrons. The largest absolute Gasteiger partial charge is 0.454 e. The van der Waals surface area contributed by atoms with Crippen LogP contribution in [0, 0.1) is 0 Å². The minimum absolute atomic E-state index is 0.0194. The topological polar surface area (TPSA) is 69.0 Å².